The molecule has 1 aliphatic rings. The summed E-state index contributed by atoms with van der Waals surface area (Å²) < 4.78 is 5.27. The molecule has 1 saturated heterocycles. The van der Waals surface area contributed by atoms with Gasteiger partial charge in [0, 0.05) is 12.1 Å². The van der Waals surface area contributed by atoms with Crippen LogP contribution in [-0.4, -0.2) is 32.7 Å². The van der Waals surface area contributed by atoms with E-state index in [1.807, 2.05) is 18.2 Å². The summed E-state index contributed by atoms with van der Waals surface area (Å²) in [6.45, 7) is 4.87. The Balaban J connectivity index is 1.98. The van der Waals surface area contributed by atoms with Crippen LogP contribution in [0.5, 0.6) is 5.75 Å². The molecule has 1 fully saturated rings. The Hall–Kier alpha value is -1.55. The van der Waals surface area contributed by atoms with E-state index in [2.05, 4.69) is 17.6 Å². The summed E-state index contributed by atoms with van der Waals surface area (Å²) in [7, 11) is 1.65. The van der Waals surface area contributed by atoms with Gasteiger partial charge in [0.25, 0.3) is 5.91 Å². The Bertz CT molecular complexity index is 440. The fourth-order valence-corrected chi connectivity index (χ4v) is 2.42. The Morgan fingerprint density at radius 3 is 3.00 bits per heavy atom. The number of carbonyl (C=O) groups is 1. The lowest BCUT2D eigenvalue weighted by Gasteiger charge is -2.12. The van der Waals surface area contributed by atoms with Crippen molar-refractivity contribution >= 4 is 5.91 Å². The average molecular weight is 262 g/mol. The summed E-state index contributed by atoms with van der Waals surface area (Å²) in [6.07, 6.45) is 2.00. The van der Waals surface area contributed by atoms with Crippen molar-refractivity contribution in [1.82, 2.24) is 10.6 Å². The SMILES string of the molecule is CCc1cc(C(=O)NCC2CCNC2)ccc1OC. The first kappa shape index (κ1) is 13.9. The zero-order valence-electron chi connectivity index (χ0n) is 11.7. The molecule has 19 heavy (non-hydrogen) atoms. The van der Waals surface area contributed by atoms with Gasteiger partial charge >= 0.3 is 0 Å². The molecule has 0 bridgehead atoms. The van der Waals surface area contributed by atoms with Crippen molar-refractivity contribution in [3.8, 4) is 5.75 Å². The summed E-state index contributed by atoms with van der Waals surface area (Å²) in [5.74, 6) is 1.41. The normalized spacial score (nSPS) is 18.3. The van der Waals surface area contributed by atoms with Gasteiger partial charge in [-0.15, -0.1) is 0 Å². The van der Waals surface area contributed by atoms with Gasteiger partial charge in [-0.25, -0.2) is 0 Å². The van der Waals surface area contributed by atoms with Gasteiger partial charge in [0.05, 0.1) is 7.11 Å². The first-order valence-corrected chi connectivity index (χ1v) is 6.90. The van der Waals surface area contributed by atoms with Gasteiger partial charge in [-0.05, 0) is 55.6 Å². The second kappa shape index (κ2) is 6.57. The first-order valence-electron chi connectivity index (χ1n) is 6.90. The molecule has 4 nitrogen and oxygen atoms in total. The van der Waals surface area contributed by atoms with Crippen molar-refractivity contribution in [2.24, 2.45) is 5.92 Å². The highest BCUT2D eigenvalue weighted by molar-refractivity contribution is 5.94. The number of nitrogens with one attached hydrogen (secondary N) is 2. The number of amides is 1. The van der Waals surface area contributed by atoms with E-state index in [1.54, 1.807) is 7.11 Å². The second-order valence-corrected chi connectivity index (χ2v) is 4.95. The quantitative estimate of drug-likeness (QED) is 0.847. The van der Waals surface area contributed by atoms with Gasteiger partial charge in [0.2, 0.25) is 0 Å². The highest BCUT2D eigenvalue weighted by Gasteiger charge is 2.16. The lowest BCUT2D eigenvalue weighted by Crippen LogP contribution is -2.30. The van der Waals surface area contributed by atoms with E-state index in [-0.39, 0.29) is 5.91 Å². The fourth-order valence-electron chi connectivity index (χ4n) is 2.42. The van der Waals surface area contributed by atoms with Crippen LogP contribution in [0.1, 0.15) is 29.3 Å². The number of methoxy groups -OCH3 is 1. The summed E-state index contributed by atoms with van der Waals surface area (Å²) in [5, 5.41) is 6.31. The molecule has 1 aliphatic heterocycles. The van der Waals surface area contributed by atoms with Crippen LogP contribution in [0.15, 0.2) is 18.2 Å². The molecular weight excluding hydrogens is 240 g/mol. The average Bonchev–Trinajstić information content (AvgIpc) is 2.97. The van der Waals surface area contributed by atoms with Crippen molar-refractivity contribution in [2.75, 3.05) is 26.7 Å². The van der Waals surface area contributed by atoms with E-state index in [0.29, 0.717) is 11.5 Å². The predicted octanol–water partition coefficient (Wildman–Crippen LogP) is 1.60. The van der Waals surface area contributed by atoms with Crippen molar-refractivity contribution in [1.29, 1.82) is 0 Å². The number of rotatable bonds is 5. The maximum Gasteiger partial charge on any atom is 0.251 e. The van der Waals surface area contributed by atoms with Gasteiger partial charge < -0.3 is 15.4 Å². The van der Waals surface area contributed by atoms with Gasteiger partial charge in [0.15, 0.2) is 0 Å². The van der Waals surface area contributed by atoms with Crippen LogP contribution in [-0.2, 0) is 6.42 Å². The van der Waals surface area contributed by atoms with Crippen LogP contribution in [0.2, 0.25) is 0 Å². The van der Waals surface area contributed by atoms with Crippen molar-refractivity contribution in [3.05, 3.63) is 29.3 Å². The van der Waals surface area contributed by atoms with E-state index >= 15 is 0 Å². The molecule has 1 aromatic rings. The smallest absolute Gasteiger partial charge is 0.251 e. The Kier molecular flexibility index (Phi) is 4.80. The maximum absolute atomic E-state index is 12.1. The zero-order valence-corrected chi connectivity index (χ0v) is 11.7. The molecule has 2 N–H and O–H groups in total. The molecule has 1 aromatic carbocycles. The van der Waals surface area contributed by atoms with E-state index < -0.39 is 0 Å². The number of aryl methyl sites for hydroxylation is 1. The fraction of sp³-hybridized carbons (Fsp3) is 0.533. The van der Waals surface area contributed by atoms with Crippen LogP contribution in [0.3, 0.4) is 0 Å². The Labute approximate surface area is 114 Å². The third kappa shape index (κ3) is 3.47. The predicted molar refractivity (Wildman–Crippen MR) is 75.7 cm³/mol. The molecule has 1 unspecified atom stereocenters. The third-order valence-corrected chi connectivity index (χ3v) is 3.64. The monoisotopic (exact) mass is 262 g/mol. The molecule has 1 atom stereocenters. The van der Waals surface area contributed by atoms with Gasteiger partial charge in [-0.3, -0.25) is 4.79 Å². The number of hydrogen-bond donors (Lipinski definition) is 2. The summed E-state index contributed by atoms with van der Waals surface area (Å²) >= 11 is 0. The van der Waals surface area contributed by atoms with E-state index in [1.165, 1.54) is 0 Å². The molecule has 1 amide bonds. The third-order valence-electron chi connectivity index (χ3n) is 3.64. The van der Waals surface area contributed by atoms with E-state index in [0.717, 1.165) is 43.8 Å². The number of ether oxygens (including phenoxy) is 1. The lowest BCUT2D eigenvalue weighted by molar-refractivity contribution is 0.0948. The highest BCUT2D eigenvalue weighted by Crippen LogP contribution is 2.20. The van der Waals surface area contributed by atoms with Crippen molar-refractivity contribution < 1.29 is 9.53 Å². The minimum atomic E-state index is 0.00394. The van der Waals surface area contributed by atoms with Crippen LogP contribution in [0, 0.1) is 5.92 Å². The number of carbonyl (C=O) groups excluding carboxylic acids is 1. The van der Waals surface area contributed by atoms with Crippen molar-refractivity contribution in [2.45, 2.75) is 19.8 Å². The molecule has 0 saturated carbocycles. The minimum Gasteiger partial charge on any atom is -0.496 e. The molecule has 0 radical (unpaired) electrons. The van der Waals surface area contributed by atoms with E-state index in [4.69, 9.17) is 4.74 Å². The van der Waals surface area contributed by atoms with E-state index in [9.17, 15) is 4.79 Å². The molecule has 0 aliphatic carbocycles. The van der Waals surface area contributed by atoms with Gasteiger partial charge in [-0.2, -0.15) is 0 Å². The molecule has 4 heteroatoms. The number of benzene rings is 1. The standard InChI is InChI=1S/C15H22N2O2/c1-3-12-8-13(4-5-14(12)19-2)15(18)17-10-11-6-7-16-9-11/h4-5,8,11,16H,3,6-7,9-10H2,1-2H3,(H,17,18). The molecule has 104 valence electrons. The first-order chi connectivity index (χ1) is 9.24. The molecule has 2 rings (SSSR count). The van der Waals surface area contributed by atoms with Gasteiger partial charge in [-0.1, -0.05) is 6.92 Å². The minimum absolute atomic E-state index is 0.00394. The zero-order chi connectivity index (χ0) is 13.7. The highest BCUT2D eigenvalue weighted by atomic mass is 16.5. The molecule has 1 heterocycles. The van der Waals surface area contributed by atoms with Crippen molar-refractivity contribution in [3.63, 3.8) is 0 Å². The van der Waals surface area contributed by atoms with Crippen LogP contribution in [0.4, 0.5) is 0 Å². The van der Waals surface area contributed by atoms with Gasteiger partial charge in [0.1, 0.15) is 5.75 Å². The maximum atomic E-state index is 12.1. The Morgan fingerprint density at radius 2 is 2.37 bits per heavy atom. The molecule has 0 spiro atoms. The largest absolute Gasteiger partial charge is 0.496 e. The molecule has 0 aromatic heterocycles. The summed E-state index contributed by atoms with van der Waals surface area (Å²) in [6, 6.07) is 5.60. The van der Waals surface area contributed by atoms with Crippen LogP contribution < -0.4 is 15.4 Å². The topological polar surface area (TPSA) is 50.4 Å². The molecular formula is C15H22N2O2. The lowest BCUT2D eigenvalue weighted by atomic mass is 10.1. The summed E-state index contributed by atoms with van der Waals surface area (Å²) in [5.41, 5.74) is 1.78. The Morgan fingerprint density at radius 1 is 1.53 bits per heavy atom. The van der Waals surface area contributed by atoms with Crippen LogP contribution in [0.25, 0.3) is 0 Å². The van der Waals surface area contributed by atoms with Crippen LogP contribution >= 0.6 is 0 Å². The number of hydrogen-bond acceptors (Lipinski definition) is 3. The summed E-state index contributed by atoms with van der Waals surface area (Å²) in [4.78, 5) is 12.1. The second-order valence-electron chi connectivity index (χ2n) is 4.95.